The zero-order chi connectivity index (χ0) is 24.6. The quantitative estimate of drug-likeness (QED) is 0.432. The summed E-state index contributed by atoms with van der Waals surface area (Å²) in [4.78, 5) is 26.1. The number of nitrogens with one attached hydrogen (secondary N) is 2. The Balaban J connectivity index is 1.35. The van der Waals surface area contributed by atoms with Crippen LogP contribution in [-0.4, -0.2) is 59.4 Å². The zero-order valence-corrected chi connectivity index (χ0v) is 21.1. The van der Waals surface area contributed by atoms with E-state index in [0.717, 1.165) is 45.3 Å². The van der Waals surface area contributed by atoms with E-state index in [1.165, 1.54) is 24.8 Å². The summed E-state index contributed by atoms with van der Waals surface area (Å²) in [5.41, 5.74) is 1.26. The molecule has 1 atom stereocenters. The van der Waals surface area contributed by atoms with Gasteiger partial charge in [0.2, 0.25) is 0 Å². The molecule has 0 aromatic heterocycles. The number of unbranched alkanes of at least 4 members (excludes halogenated alkanes) is 1. The highest BCUT2D eigenvalue weighted by molar-refractivity contribution is 5.73. The number of carbonyl (C=O) groups excluding carboxylic acids is 1. The number of alkyl carbamates (subject to hydrolysis) is 1. The SMILES string of the molecule is CC(C)(C)OC(=O)NCCCC[C@@H](NC1CCC2(CC1)CCN(Cc1ccccc1)C2)C(=O)O. The van der Waals surface area contributed by atoms with Crippen LogP contribution in [0.25, 0.3) is 0 Å². The topological polar surface area (TPSA) is 90.9 Å². The summed E-state index contributed by atoms with van der Waals surface area (Å²) in [7, 11) is 0. The molecular weight excluding hydrogens is 430 g/mol. The van der Waals surface area contributed by atoms with E-state index in [4.69, 9.17) is 4.74 Å². The third-order valence-corrected chi connectivity index (χ3v) is 7.14. The van der Waals surface area contributed by atoms with E-state index < -0.39 is 23.7 Å². The van der Waals surface area contributed by atoms with Crippen molar-refractivity contribution in [3.8, 4) is 0 Å². The number of benzene rings is 1. The van der Waals surface area contributed by atoms with Crippen molar-refractivity contribution in [3.63, 3.8) is 0 Å². The molecule has 0 radical (unpaired) electrons. The standard InChI is InChI=1S/C27H43N3O4/c1-26(2,3)34-25(33)28-17-8-7-11-23(24(31)32)29-22-12-14-27(15-13-22)16-18-30(20-27)19-21-9-5-4-6-10-21/h4-6,9-10,22-23,29H,7-8,11-20H2,1-3H3,(H,28,33)(H,31,32)/t22?,23-,27?/m1/s1. The van der Waals surface area contributed by atoms with Gasteiger partial charge in [0.1, 0.15) is 11.6 Å². The number of carbonyl (C=O) groups is 2. The largest absolute Gasteiger partial charge is 0.480 e. The molecule has 2 aliphatic rings. The van der Waals surface area contributed by atoms with Gasteiger partial charge in [-0.2, -0.15) is 0 Å². The average Bonchev–Trinajstić information content (AvgIpc) is 3.15. The van der Waals surface area contributed by atoms with Crippen LogP contribution < -0.4 is 10.6 Å². The van der Waals surface area contributed by atoms with Gasteiger partial charge in [0, 0.05) is 25.7 Å². The Labute approximate surface area is 204 Å². The van der Waals surface area contributed by atoms with Crippen LogP contribution in [0.1, 0.15) is 77.7 Å². The van der Waals surface area contributed by atoms with Gasteiger partial charge in [0.25, 0.3) is 0 Å². The van der Waals surface area contributed by atoms with E-state index in [2.05, 4.69) is 45.9 Å². The van der Waals surface area contributed by atoms with Crippen LogP contribution in [0.15, 0.2) is 30.3 Å². The van der Waals surface area contributed by atoms with Crippen molar-refractivity contribution in [1.29, 1.82) is 0 Å². The van der Waals surface area contributed by atoms with Crippen molar-refractivity contribution in [2.75, 3.05) is 19.6 Å². The van der Waals surface area contributed by atoms with E-state index in [-0.39, 0.29) is 6.04 Å². The Morgan fingerprint density at radius 3 is 2.50 bits per heavy atom. The first-order valence-electron chi connectivity index (χ1n) is 12.9. The van der Waals surface area contributed by atoms with Crippen molar-refractivity contribution in [3.05, 3.63) is 35.9 Å². The van der Waals surface area contributed by atoms with E-state index in [9.17, 15) is 14.7 Å². The van der Waals surface area contributed by atoms with Crippen molar-refractivity contribution in [2.45, 2.75) is 96.4 Å². The Bertz CT molecular complexity index is 785. The molecule has 1 spiro atoms. The lowest BCUT2D eigenvalue weighted by Crippen LogP contribution is -2.46. The molecule has 1 aromatic rings. The zero-order valence-electron chi connectivity index (χ0n) is 21.1. The summed E-state index contributed by atoms with van der Waals surface area (Å²) in [5, 5.41) is 15.9. The number of ether oxygens (including phenoxy) is 1. The normalized spacial score (nSPS) is 24.1. The lowest BCUT2D eigenvalue weighted by Gasteiger charge is -2.38. The first kappa shape index (κ1) is 26.5. The number of hydrogen-bond acceptors (Lipinski definition) is 5. The fourth-order valence-corrected chi connectivity index (χ4v) is 5.35. The van der Waals surface area contributed by atoms with Gasteiger partial charge < -0.3 is 20.5 Å². The monoisotopic (exact) mass is 473 g/mol. The van der Waals surface area contributed by atoms with E-state index in [1.807, 2.05) is 20.8 Å². The molecule has 1 saturated heterocycles. The molecule has 3 N–H and O–H groups in total. The van der Waals surface area contributed by atoms with Crippen LogP contribution in [0.4, 0.5) is 4.79 Å². The maximum absolute atomic E-state index is 11.8. The molecule has 1 aromatic carbocycles. The first-order valence-corrected chi connectivity index (χ1v) is 12.9. The van der Waals surface area contributed by atoms with Crippen molar-refractivity contribution in [1.82, 2.24) is 15.5 Å². The van der Waals surface area contributed by atoms with Crippen LogP contribution in [0.5, 0.6) is 0 Å². The van der Waals surface area contributed by atoms with E-state index >= 15 is 0 Å². The summed E-state index contributed by atoms with van der Waals surface area (Å²) in [6.07, 6.45) is 7.29. The fraction of sp³-hybridized carbons (Fsp3) is 0.704. The first-order chi connectivity index (χ1) is 16.1. The van der Waals surface area contributed by atoms with Crippen LogP contribution in [0, 0.1) is 5.41 Å². The smallest absolute Gasteiger partial charge is 0.407 e. The van der Waals surface area contributed by atoms with Crippen LogP contribution in [0.3, 0.4) is 0 Å². The van der Waals surface area contributed by atoms with Gasteiger partial charge in [0.05, 0.1) is 0 Å². The van der Waals surface area contributed by atoms with Gasteiger partial charge in [-0.3, -0.25) is 9.69 Å². The molecule has 34 heavy (non-hydrogen) atoms. The molecule has 1 aliphatic heterocycles. The molecule has 0 bridgehead atoms. The highest BCUT2D eigenvalue weighted by Crippen LogP contribution is 2.44. The van der Waals surface area contributed by atoms with Gasteiger partial charge in [-0.15, -0.1) is 0 Å². The highest BCUT2D eigenvalue weighted by atomic mass is 16.6. The Kier molecular flexibility index (Phi) is 9.37. The van der Waals surface area contributed by atoms with E-state index in [1.54, 1.807) is 0 Å². The van der Waals surface area contributed by atoms with E-state index in [0.29, 0.717) is 18.4 Å². The third-order valence-electron chi connectivity index (χ3n) is 7.14. The number of hydrogen-bond donors (Lipinski definition) is 3. The number of nitrogens with zero attached hydrogens (tertiary/aromatic N) is 1. The predicted molar refractivity (Wildman–Crippen MR) is 134 cm³/mol. The summed E-state index contributed by atoms with van der Waals surface area (Å²) in [6, 6.07) is 10.4. The third kappa shape index (κ3) is 8.58. The van der Waals surface area contributed by atoms with Gasteiger partial charge in [-0.1, -0.05) is 30.3 Å². The second kappa shape index (κ2) is 12.0. The van der Waals surface area contributed by atoms with Gasteiger partial charge in [-0.05, 0) is 89.7 Å². The maximum atomic E-state index is 11.8. The summed E-state index contributed by atoms with van der Waals surface area (Å²) in [6.45, 7) is 9.31. The molecule has 1 amide bonds. The molecule has 2 fully saturated rings. The highest BCUT2D eigenvalue weighted by Gasteiger charge is 2.41. The summed E-state index contributed by atoms with van der Waals surface area (Å²) in [5.74, 6) is -0.782. The van der Waals surface area contributed by atoms with Crippen molar-refractivity contribution in [2.24, 2.45) is 5.41 Å². The molecule has 3 rings (SSSR count). The molecule has 7 heteroatoms. The van der Waals surface area contributed by atoms with Gasteiger partial charge in [-0.25, -0.2) is 4.79 Å². The van der Waals surface area contributed by atoms with Crippen molar-refractivity contribution >= 4 is 12.1 Å². The summed E-state index contributed by atoms with van der Waals surface area (Å²) >= 11 is 0. The van der Waals surface area contributed by atoms with Gasteiger partial charge in [0.15, 0.2) is 0 Å². The Hall–Kier alpha value is -2.12. The molecule has 7 nitrogen and oxygen atoms in total. The molecule has 1 aliphatic carbocycles. The minimum Gasteiger partial charge on any atom is -0.480 e. The number of aliphatic carboxylic acids is 1. The lowest BCUT2D eigenvalue weighted by atomic mass is 9.72. The molecule has 190 valence electrons. The Morgan fingerprint density at radius 1 is 1.15 bits per heavy atom. The number of carboxylic acid groups (broad SMARTS) is 1. The second-order valence-electron chi connectivity index (χ2n) is 11.2. The Morgan fingerprint density at radius 2 is 1.85 bits per heavy atom. The van der Waals surface area contributed by atoms with Gasteiger partial charge >= 0.3 is 12.1 Å². The summed E-state index contributed by atoms with van der Waals surface area (Å²) < 4.78 is 5.22. The molecule has 0 unspecified atom stereocenters. The van der Waals surface area contributed by atoms with Crippen molar-refractivity contribution < 1.29 is 19.4 Å². The van der Waals surface area contributed by atoms with Crippen LogP contribution in [0.2, 0.25) is 0 Å². The number of amides is 1. The minimum absolute atomic E-state index is 0.273. The molecular formula is C27H43N3O4. The second-order valence-corrected chi connectivity index (χ2v) is 11.2. The van der Waals surface area contributed by atoms with Crippen LogP contribution >= 0.6 is 0 Å². The number of carboxylic acids is 1. The average molecular weight is 474 g/mol. The molecule has 1 saturated carbocycles. The number of likely N-dealkylation sites (tertiary alicyclic amines) is 1. The molecule has 1 heterocycles. The maximum Gasteiger partial charge on any atom is 0.407 e. The predicted octanol–water partition coefficient (Wildman–Crippen LogP) is 4.56. The number of rotatable bonds is 10. The van der Waals surface area contributed by atoms with Crippen LogP contribution in [-0.2, 0) is 16.1 Å². The fourth-order valence-electron chi connectivity index (χ4n) is 5.35. The lowest BCUT2D eigenvalue weighted by molar-refractivity contribution is -0.140. The minimum atomic E-state index is -0.782.